The quantitative estimate of drug-likeness (QED) is 0.632. The lowest BCUT2D eigenvalue weighted by Gasteiger charge is -2.15. The molecule has 0 saturated heterocycles. The molecule has 2 amide bonds. The van der Waals surface area contributed by atoms with Crippen LogP contribution in [-0.2, 0) is 16.0 Å². The molecular formula is C13H18N2O4. The van der Waals surface area contributed by atoms with Crippen LogP contribution in [-0.4, -0.2) is 43.4 Å². The van der Waals surface area contributed by atoms with Gasteiger partial charge in [0.15, 0.2) is 0 Å². The number of carboxylic acid groups (broad SMARTS) is 1. The van der Waals surface area contributed by atoms with E-state index in [1.165, 1.54) is 7.11 Å². The molecule has 0 aromatic heterocycles. The molecule has 1 aromatic rings. The van der Waals surface area contributed by atoms with Crippen LogP contribution in [0.1, 0.15) is 5.56 Å². The van der Waals surface area contributed by atoms with E-state index in [1.807, 2.05) is 30.3 Å². The zero-order chi connectivity index (χ0) is 14.1. The standard InChI is InChI=1S/C13H18N2O4/c1-19-8-7-14-13(18)15-11(12(16)17)9-10-5-3-2-4-6-10/h2-6,11H,7-9H2,1H3,(H,16,17)(H2,14,15,18)/t11-/m0/s1. The van der Waals surface area contributed by atoms with Crippen molar-refractivity contribution in [1.29, 1.82) is 0 Å². The van der Waals surface area contributed by atoms with Crippen molar-refractivity contribution in [1.82, 2.24) is 10.6 Å². The predicted molar refractivity (Wildman–Crippen MR) is 70.0 cm³/mol. The molecule has 0 unspecified atom stereocenters. The second kappa shape index (κ2) is 8.10. The highest BCUT2D eigenvalue weighted by Crippen LogP contribution is 2.03. The summed E-state index contributed by atoms with van der Waals surface area (Å²) in [7, 11) is 1.52. The van der Waals surface area contributed by atoms with E-state index >= 15 is 0 Å². The van der Waals surface area contributed by atoms with Crippen molar-refractivity contribution < 1.29 is 19.4 Å². The number of aliphatic carboxylic acids is 1. The van der Waals surface area contributed by atoms with Crippen LogP contribution < -0.4 is 10.6 Å². The average molecular weight is 266 g/mol. The molecule has 6 nitrogen and oxygen atoms in total. The van der Waals surface area contributed by atoms with Gasteiger partial charge in [-0.25, -0.2) is 9.59 Å². The van der Waals surface area contributed by atoms with Crippen LogP contribution in [0.15, 0.2) is 30.3 Å². The number of hydrogen-bond donors (Lipinski definition) is 3. The summed E-state index contributed by atoms with van der Waals surface area (Å²) in [5.74, 6) is -1.06. The Hall–Kier alpha value is -2.08. The van der Waals surface area contributed by atoms with Crippen molar-refractivity contribution in [3.05, 3.63) is 35.9 Å². The second-order valence-electron chi connectivity index (χ2n) is 3.97. The van der Waals surface area contributed by atoms with Gasteiger partial charge in [-0.15, -0.1) is 0 Å². The minimum absolute atomic E-state index is 0.244. The molecule has 0 aliphatic rings. The van der Waals surface area contributed by atoms with Gasteiger partial charge in [-0.05, 0) is 5.56 Å². The van der Waals surface area contributed by atoms with Crippen LogP contribution in [0.5, 0.6) is 0 Å². The van der Waals surface area contributed by atoms with E-state index in [0.717, 1.165) is 5.56 Å². The Morgan fingerprint density at radius 1 is 1.32 bits per heavy atom. The maximum absolute atomic E-state index is 11.5. The number of benzene rings is 1. The van der Waals surface area contributed by atoms with Crippen LogP contribution in [0.4, 0.5) is 4.79 Å². The molecule has 0 radical (unpaired) electrons. The average Bonchev–Trinajstić information content (AvgIpc) is 2.39. The second-order valence-corrected chi connectivity index (χ2v) is 3.97. The summed E-state index contributed by atoms with van der Waals surface area (Å²) in [6.45, 7) is 0.712. The zero-order valence-corrected chi connectivity index (χ0v) is 10.8. The largest absolute Gasteiger partial charge is 0.480 e. The Bertz CT molecular complexity index is 408. The minimum atomic E-state index is -1.06. The van der Waals surface area contributed by atoms with Crippen LogP contribution in [0.3, 0.4) is 0 Å². The Balaban J connectivity index is 2.49. The molecule has 0 spiro atoms. The van der Waals surface area contributed by atoms with Gasteiger partial charge in [0.05, 0.1) is 6.61 Å². The van der Waals surface area contributed by atoms with Gasteiger partial charge in [-0.3, -0.25) is 0 Å². The Morgan fingerprint density at radius 2 is 2.00 bits per heavy atom. The normalized spacial score (nSPS) is 11.6. The number of amides is 2. The SMILES string of the molecule is COCCNC(=O)N[C@@H](Cc1ccccc1)C(=O)O. The summed E-state index contributed by atoms with van der Waals surface area (Å²) in [6, 6.07) is 7.68. The van der Waals surface area contributed by atoms with E-state index in [0.29, 0.717) is 13.2 Å². The van der Waals surface area contributed by atoms with Gasteiger partial charge in [-0.2, -0.15) is 0 Å². The zero-order valence-electron chi connectivity index (χ0n) is 10.8. The van der Waals surface area contributed by atoms with E-state index in [9.17, 15) is 9.59 Å². The summed E-state index contributed by atoms with van der Waals surface area (Å²) in [5.41, 5.74) is 0.854. The van der Waals surface area contributed by atoms with Gasteiger partial charge in [-0.1, -0.05) is 30.3 Å². The fourth-order valence-electron chi connectivity index (χ4n) is 1.53. The summed E-state index contributed by atoms with van der Waals surface area (Å²) in [5, 5.41) is 14.0. The number of nitrogens with one attached hydrogen (secondary N) is 2. The van der Waals surface area contributed by atoms with Crippen LogP contribution in [0.2, 0.25) is 0 Å². The molecular weight excluding hydrogens is 248 g/mol. The highest BCUT2D eigenvalue weighted by molar-refractivity contribution is 5.82. The van der Waals surface area contributed by atoms with Gasteiger partial charge in [0.1, 0.15) is 6.04 Å². The molecule has 19 heavy (non-hydrogen) atoms. The summed E-state index contributed by atoms with van der Waals surface area (Å²) >= 11 is 0. The van der Waals surface area contributed by atoms with Crippen molar-refractivity contribution in [3.63, 3.8) is 0 Å². The molecule has 1 rings (SSSR count). The first kappa shape index (κ1) is 15.0. The van der Waals surface area contributed by atoms with Gasteiger partial charge >= 0.3 is 12.0 Å². The lowest BCUT2D eigenvalue weighted by atomic mass is 10.1. The third kappa shape index (κ3) is 5.87. The number of carbonyl (C=O) groups is 2. The fraction of sp³-hybridized carbons (Fsp3) is 0.385. The minimum Gasteiger partial charge on any atom is -0.480 e. The number of hydrogen-bond acceptors (Lipinski definition) is 3. The number of urea groups is 1. The van der Waals surface area contributed by atoms with Crippen molar-refractivity contribution in [3.8, 4) is 0 Å². The molecule has 1 atom stereocenters. The molecule has 0 saturated carbocycles. The van der Waals surface area contributed by atoms with Gasteiger partial charge in [0, 0.05) is 20.1 Å². The molecule has 6 heteroatoms. The number of ether oxygens (including phenoxy) is 1. The van der Waals surface area contributed by atoms with Crippen LogP contribution in [0, 0.1) is 0 Å². The van der Waals surface area contributed by atoms with E-state index < -0.39 is 18.0 Å². The first-order valence-electron chi connectivity index (χ1n) is 5.93. The smallest absolute Gasteiger partial charge is 0.326 e. The Morgan fingerprint density at radius 3 is 2.58 bits per heavy atom. The third-order valence-electron chi connectivity index (χ3n) is 2.48. The van der Waals surface area contributed by atoms with E-state index in [-0.39, 0.29) is 6.42 Å². The van der Waals surface area contributed by atoms with Gasteiger partial charge < -0.3 is 20.5 Å². The molecule has 3 N–H and O–H groups in total. The van der Waals surface area contributed by atoms with Crippen LogP contribution in [0.25, 0.3) is 0 Å². The first-order chi connectivity index (χ1) is 9.13. The Kier molecular flexibility index (Phi) is 6.38. The topological polar surface area (TPSA) is 87.7 Å². The molecule has 0 bridgehead atoms. The molecule has 0 aliphatic carbocycles. The maximum atomic E-state index is 11.5. The molecule has 1 aromatic carbocycles. The van der Waals surface area contributed by atoms with Gasteiger partial charge in [0.25, 0.3) is 0 Å². The predicted octanol–water partition coefficient (Wildman–Crippen LogP) is 0.628. The fourth-order valence-corrected chi connectivity index (χ4v) is 1.53. The first-order valence-corrected chi connectivity index (χ1v) is 5.93. The molecule has 104 valence electrons. The molecule has 0 aliphatic heterocycles. The van der Waals surface area contributed by atoms with Crippen LogP contribution >= 0.6 is 0 Å². The maximum Gasteiger partial charge on any atom is 0.326 e. The third-order valence-corrected chi connectivity index (χ3v) is 2.48. The highest BCUT2D eigenvalue weighted by Gasteiger charge is 2.19. The van der Waals surface area contributed by atoms with Crippen molar-refractivity contribution in [2.24, 2.45) is 0 Å². The lowest BCUT2D eigenvalue weighted by molar-refractivity contribution is -0.139. The van der Waals surface area contributed by atoms with Crippen molar-refractivity contribution in [2.45, 2.75) is 12.5 Å². The summed E-state index contributed by atoms with van der Waals surface area (Å²) < 4.78 is 4.78. The van der Waals surface area contributed by atoms with Crippen molar-refractivity contribution in [2.75, 3.05) is 20.3 Å². The monoisotopic (exact) mass is 266 g/mol. The number of carboxylic acids is 1. The van der Waals surface area contributed by atoms with E-state index in [1.54, 1.807) is 0 Å². The lowest BCUT2D eigenvalue weighted by Crippen LogP contribution is -2.47. The number of methoxy groups -OCH3 is 1. The Labute approximate surface area is 111 Å². The number of rotatable bonds is 7. The van der Waals surface area contributed by atoms with E-state index in [4.69, 9.17) is 9.84 Å². The summed E-state index contributed by atoms with van der Waals surface area (Å²) in [6.07, 6.45) is 0.244. The van der Waals surface area contributed by atoms with Gasteiger partial charge in [0.2, 0.25) is 0 Å². The van der Waals surface area contributed by atoms with Crippen molar-refractivity contribution >= 4 is 12.0 Å². The molecule has 0 fully saturated rings. The highest BCUT2D eigenvalue weighted by atomic mass is 16.5. The van der Waals surface area contributed by atoms with E-state index in [2.05, 4.69) is 10.6 Å². The molecule has 0 heterocycles. The number of carbonyl (C=O) groups excluding carboxylic acids is 1. The summed E-state index contributed by atoms with van der Waals surface area (Å²) in [4.78, 5) is 22.6.